The van der Waals surface area contributed by atoms with Gasteiger partial charge in [-0.05, 0) is 84.4 Å². The van der Waals surface area contributed by atoms with E-state index in [2.05, 4.69) is 16.3 Å². The number of nitrogens with zero attached hydrogens (tertiary/aromatic N) is 1. The molecule has 4 rings (SSSR count). The second-order valence-corrected chi connectivity index (χ2v) is 13.0. The number of carboxylic acids is 1. The fourth-order valence-corrected chi connectivity index (χ4v) is 7.23. The molecule has 2 fully saturated rings. The third kappa shape index (κ3) is 8.82. The Kier molecular flexibility index (Phi) is 12.1. The van der Waals surface area contributed by atoms with E-state index in [0.29, 0.717) is 29.7 Å². The van der Waals surface area contributed by atoms with Gasteiger partial charge >= 0.3 is 5.97 Å². The number of benzene rings is 2. The van der Waals surface area contributed by atoms with Gasteiger partial charge in [-0.2, -0.15) is 11.8 Å². The molecule has 1 heterocycles. The van der Waals surface area contributed by atoms with E-state index >= 15 is 0 Å². The number of aryl methyl sites for hydroxylation is 1. The summed E-state index contributed by atoms with van der Waals surface area (Å²) in [5.74, 6) is 0.936. The van der Waals surface area contributed by atoms with Gasteiger partial charge in [0.1, 0.15) is 6.04 Å². The van der Waals surface area contributed by atoms with Crippen LogP contribution in [-0.4, -0.2) is 66.2 Å². The van der Waals surface area contributed by atoms with Crippen molar-refractivity contribution in [3.8, 4) is 11.1 Å². The van der Waals surface area contributed by atoms with Crippen LogP contribution >= 0.6 is 11.8 Å². The highest BCUT2D eigenvalue weighted by Crippen LogP contribution is 2.35. The van der Waals surface area contributed by atoms with Gasteiger partial charge in [-0.3, -0.25) is 9.69 Å². The molecule has 0 aromatic heterocycles. The Morgan fingerprint density at radius 3 is 2.54 bits per heavy atom. The molecule has 1 aliphatic carbocycles. The zero-order valence-electron chi connectivity index (χ0n) is 25.1. The lowest BCUT2D eigenvalue weighted by atomic mass is 9.84. The molecule has 2 aromatic carbocycles. The maximum absolute atomic E-state index is 13.5. The highest BCUT2D eigenvalue weighted by Gasteiger charge is 2.32. The van der Waals surface area contributed by atoms with Crippen LogP contribution in [0.1, 0.15) is 79.3 Å². The van der Waals surface area contributed by atoms with Crippen LogP contribution in [0.3, 0.4) is 0 Å². The second-order valence-electron chi connectivity index (χ2n) is 12.1. The van der Waals surface area contributed by atoms with Gasteiger partial charge in [0.05, 0.1) is 6.61 Å². The largest absolute Gasteiger partial charge is 0.480 e. The highest BCUT2D eigenvalue weighted by molar-refractivity contribution is 7.98. The molecule has 41 heavy (non-hydrogen) atoms. The summed E-state index contributed by atoms with van der Waals surface area (Å²) in [6.45, 7) is 4.67. The minimum atomic E-state index is -1.00. The van der Waals surface area contributed by atoms with Crippen LogP contribution in [0.25, 0.3) is 11.1 Å². The van der Waals surface area contributed by atoms with Crippen molar-refractivity contribution >= 4 is 23.6 Å². The number of carboxylic acid groups (broad SMARTS) is 1. The molecule has 2 aliphatic rings. The Morgan fingerprint density at radius 1 is 1.07 bits per heavy atom. The van der Waals surface area contributed by atoms with Crippen LogP contribution in [0.2, 0.25) is 0 Å². The Labute approximate surface area is 250 Å². The summed E-state index contributed by atoms with van der Waals surface area (Å²) < 4.78 is 5.64. The molecule has 1 saturated heterocycles. The minimum absolute atomic E-state index is 0.343. The van der Waals surface area contributed by atoms with Gasteiger partial charge in [0.15, 0.2) is 0 Å². The Morgan fingerprint density at radius 2 is 1.83 bits per heavy atom. The first-order valence-electron chi connectivity index (χ1n) is 15.3. The SMILES string of the molecule is COC[C@@H]1C[C@@H](CCC2CCCCC2)CN1Cc1ccc(C(=O)N[C@@H](CCSC)C(=O)O)c(-c2ccccc2C)c1. The molecule has 3 atom stereocenters. The number of hydrogen-bond acceptors (Lipinski definition) is 5. The van der Waals surface area contributed by atoms with E-state index in [1.165, 1.54) is 51.4 Å². The molecule has 7 heteroatoms. The fraction of sp³-hybridized carbons (Fsp3) is 0.588. The Bertz CT molecular complexity index is 1150. The lowest BCUT2D eigenvalue weighted by Gasteiger charge is -2.25. The number of aliphatic carboxylic acids is 1. The van der Waals surface area contributed by atoms with Gasteiger partial charge in [0.25, 0.3) is 5.91 Å². The molecule has 1 saturated carbocycles. The van der Waals surface area contributed by atoms with Crippen molar-refractivity contribution < 1.29 is 19.4 Å². The van der Waals surface area contributed by atoms with Crippen molar-refractivity contribution in [2.24, 2.45) is 11.8 Å². The van der Waals surface area contributed by atoms with E-state index in [1.807, 2.05) is 49.6 Å². The predicted octanol–water partition coefficient (Wildman–Crippen LogP) is 6.80. The zero-order valence-corrected chi connectivity index (χ0v) is 25.9. The standard InChI is InChI=1S/C34H48N2O4S/c1-24-9-7-8-12-29(24)31-20-27(15-16-30(31)33(37)35-32(34(38)39)17-18-41-3)22-36-21-26(19-28(36)23-40-2)14-13-25-10-5-4-6-11-25/h7-9,12,15-16,20,25-26,28,32H,4-6,10-11,13-14,17-19,21-23H2,1-3H3,(H,35,37)(H,38,39)/t26-,28+,32+/m1/s1. The number of likely N-dealkylation sites (tertiary alicyclic amines) is 1. The second kappa shape index (κ2) is 15.8. The van der Waals surface area contributed by atoms with Crippen molar-refractivity contribution in [3.63, 3.8) is 0 Å². The zero-order chi connectivity index (χ0) is 29.2. The maximum atomic E-state index is 13.5. The summed E-state index contributed by atoms with van der Waals surface area (Å²) in [5, 5.41) is 12.5. The number of amides is 1. The number of ether oxygens (including phenoxy) is 1. The van der Waals surface area contributed by atoms with Crippen molar-refractivity contribution in [2.75, 3.05) is 32.3 Å². The van der Waals surface area contributed by atoms with Crippen molar-refractivity contribution in [2.45, 2.75) is 83.3 Å². The third-order valence-corrected chi connectivity index (χ3v) is 9.69. The molecular formula is C34H48N2O4S. The highest BCUT2D eigenvalue weighted by atomic mass is 32.2. The average Bonchev–Trinajstić information content (AvgIpc) is 3.35. The monoisotopic (exact) mass is 580 g/mol. The minimum Gasteiger partial charge on any atom is -0.480 e. The van der Waals surface area contributed by atoms with E-state index in [-0.39, 0.29) is 5.91 Å². The summed E-state index contributed by atoms with van der Waals surface area (Å²) in [6, 6.07) is 13.6. The van der Waals surface area contributed by atoms with Crippen LogP contribution in [-0.2, 0) is 16.1 Å². The van der Waals surface area contributed by atoms with Crippen LogP contribution in [0.15, 0.2) is 42.5 Å². The van der Waals surface area contributed by atoms with E-state index in [4.69, 9.17) is 4.74 Å². The quantitative estimate of drug-likeness (QED) is 0.256. The summed E-state index contributed by atoms with van der Waals surface area (Å²) in [5.41, 5.74) is 4.60. The first-order valence-corrected chi connectivity index (χ1v) is 16.7. The van der Waals surface area contributed by atoms with E-state index < -0.39 is 12.0 Å². The molecular weight excluding hydrogens is 532 g/mol. The van der Waals surface area contributed by atoms with Gasteiger partial charge in [0, 0.05) is 31.8 Å². The molecule has 0 spiro atoms. The van der Waals surface area contributed by atoms with Gasteiger partial charge in [-0.1, -0.05) is 68.9 Å². The van der Waals surface area contributed by atoms with Crippen LogP contribution in [0, 0.1) is 18.8 Å². The maximum Gasteiger partial charge on any atom is 0.326 e. The first kappa shape index (κ1) is 31.6. The molecule has 0 unspecified atom stereocenters. The van der Waals surface area contributed by atoms with Gasteiger partial charge in [0.2, 0.25) is 0 Å². The third-order valence-electron chi connectivity index (χ3n) is 9.05. The summed E-state index contributed by atoms with van der Waals surface area (Å²) >= 11 is 1.57. The van der Waals surface area contributed by atoms with Gasteiger partial charge < -0.3 is 15.2 Å². The first-order chi connectivity index (χ1) is 19.9. The number of nitrogens with one attached hydrogen (secondary N) is 1. The molecule has 1 amide bonds. The Balaban J connectivity index is 1.53. The lowest BCUT2D eigenvalue weighted by Crippen LogP contribution is -2.41. The molecule has 0 bridgehead atoms. The average molecular weight is 581 g/mol. The van der Waals surface area contributed by atoms with Crippen LogP contribution < -0.4 is 5.32 Å². The lowest BCUT2D eigenvalue weighted by molar-refractivity contribution is -0.139. The summed E-state index contributed by atoms with van der Waals surface area (Å²) in [4.78, 5) is 27.9. The van der Waals surface area contributed by atoms with E-state index in [9.17, 15) is 14.7 Å². The topological polar surface area (TPSA) is 78.9 Å². The number of carbonyl (C=O) groups excluding carboxylic acids is 1. The number of methoxy groups -OCH3 is 1. The molecule has 2 aromatic rings. The van der Waals surface area contributed by atoms with Crippen molar-refractivity contribution in [3.05, 3.63) is 59.2 Å². The predicted molar refractivity (Wildman–Crippen MR) is 168 cm³/mol. The van der Waals surface area contributed by atoms with E-state index in [1.54, 1.807) is 18.9 Å². The molecule has 6 nitrogen and oxygen atoms in total. The van der Waals surface area contributed by atoms with Crippen molar-refractivity contribution in [1.82, 2.24) is 10.2 Å². The fourth-order valence-electron chi connectivity index (χ4n) is 6.75. The summed E-state index contributed by atoms with van der Waals surface area (Å²) in [7, 11) is 1.79. The summed E-state index contributed by atoms with van der Waals surface area (Å²) in [6.07, 6.45) is 13.2. The molecule has 1 aliphatic heterocycles. The number of thioether (sulfide) groups is 1. The van der Waals surface area contributed by atoms with Crippen LogP contribution in [0.4, 0.5) is 0 Å². The molecule has 2 N–H and O–H groups in total. The smallest absolute Gasteiger partial charge is 0.326 e. The van der Waals surface area contributed by atoms with Crippen molar-refractivity contribution in [1.29, 1.82) is 0 Å². The van der Waals surface area contributed by atoms with E-state index in [0.717, 1.165) is 47.9 Å². The molecule has 0 radical (unpaired) electrons. The Hall–Kier alpha value is -2.35. The normalized spacial score (nSPS) is 20.7. The molecule has 224 valence electrons. The number of carbonyl (C=O) groups is 2. The van der Waals surface area contributed by atoms with Crippen LogP contribution in [0.5, 0.6) is 0 Å². The number of hydrogen-bond donors (Lipinski definition) is 2. The van der Waals surface area contributed by atoms with Gasteiger partial charge in [-0.15, -0.1) is 0 Å². The van der Waals surface area contributed by atoms with Gasteiger partial charge in [-0.25, -0.2) is 4.79 Å². The number of rotatable bonds is 14.